The van der Waals surface area contributed by atoms with Gasteiger partial charge in [-0.3, -0.25) is 19.2 Å². The highest BCUT2D eigenvalue weighted by atomic mass is 16.5. The highest BCUT2D eigenvalue weighted by Gasteiger charge is 2.15. The SMILES string of the molecule is CCC(CCCC(=O)O)C(=O)O.CCC(CCCC(=O)O)C(=O)O.OCCOCCO. The Morgan fingerprint density at radius 3 is 1.19 bits per heavy atom. The van der Waals surface area contributed by atoms with Crippen molar-refractivity contribution in [3.63, 3.8) is 0 Å². The maximum atomic E-state index is 10.5. The lowest BCUT2D eigenvalue weighted by Gasteiger charge is -2.07. The number of carboxylic acids is 4. The maximum absolute atomic E-state index is 10.5. The predicted molar refractivity (Wildman–Crippen MR) is 111 cm³/mol. The van der Waals surface area contributed by atoms with Crippen molar-refractivity contribution < 1.29 is 54.6 Å². The molecule has 0 amide bonds. The first kappa shape index (κ1) is 33.4. The van der Waals surface area contributed by atoms with E-state index in [1.54, 1.807) is 13.8 Å². The summed E-state index contributed by atoms with van der Waals surface area (Å²) in [6, 6.07) is 0. The fourth-order valence-electron chi connectivity index (χ4n) is 2.23. The van der Waals surface area contributed by atoms with Crippen LogP contribution in [0.1, 0.15) is 65.2 Å². The van der Waals surface area contributed by atoms with E-state index in [9.17, 15) is 19.2 Å². The van der Waals surface area contributed by atoms with Crippen LogP contribution in [0.15, 0.2) is 0 Å². The molecule has 0 aliphatic rings. The number of aliphatic carboxylic acids is 4. The van der Waals surface area contributed by atoms with E-state index >= 15 is 0 Å². The summed E-state index contributed by atoms with van der Waals surface area (Å²) in [5.74, 6) is -4.16. The zero-order chi connectivity index (χ0) is 24.7. The van der Waals surface area contributed by atoms with E-state index < -0.39 is 23.9 Å². The minimum atomic E-state index is -0.866. The van der Waals surface area contributed by atoms with Crippen LogP contribution in [-0.4, -0.2) is 80.9 Å². The summed E-state index contributed by atoms with van der Waals surface area (Å²) in [7, 11) is 0. The third kappa shape index (κ3) is 27.8. The van der Waals surface area contributed by atoms with E-state index in [1.165, 1.54) is 0 Å². The van der Waals surface area contributed by atoms with E-state index in [1.807, 2.05) is 0 Å². The van der Waals surface area contributed by atoms with Gasteiger partial charge < -0.3 is 35.4 Å². The molecule has 31 heavy (non-hydrogen) atoms. The quantitative estimate of drug-likeness (QED) is 0.185. The Morgan fingerprint density at radius 2 is 1.00 bits per heavy atom. The average molecular weight is 455 g/mol. The molecule has 0 aliphatic carbocycles. The molecule has 0 bridgehead atoms. The van der Waals surface area contributed by atoms with Crippen molar-refractivity contribution in [2.45, 2.75) is 65.2 Å². The molecule has 0 aliphatic heterocycles. The Labute approximate surface area is 182 Å². The standard InChI is InChI=1S/2C8H14O4.C4H10O3/c2*1-2-6(8(11)12)4-3-5-7(9)10;5-1-3-7-4-2-6/h2*6H,2-5H2,1H3,(H,9,10)(H,11,12);5-6H,1-4H2. The van der Waals surface area contributed by atoms with Crippen molar-refractivity contribution in [2.24, 2.45) is 11.8 Å². The van der Waals surface area contributed by atoms with Gasteiger partial charge in [-0.05, 0) is 38.5 Å². The van der Waals surface area contributed by atoms with Gasteiger partial charge in [-0.1, -0.05) is 13.8 Å². The van der Waals surface area contributed by atoms with Crippen LogP contribution < -0.4 is 0 Å². The molecule has 0 radical (unpaired) electrons. The first-order chi connectivity index (χ1) is 14.6. The number of aliphatic hydroxyl groups is 2. The minimum Gasteiger partial charge on any atom is -0.481 e. The summed E-state index contributed by atoms with van der Waals surface area (Å²) in [5.41, 5.74) is 0. The minimum absolute atomic E-state index is 0.0278. The largest absolute Gasteiger partial charge is 0.481 e. The van der Waals surface area contributed by atoms with Gasteiger partial charge in [0.15, 0.2) is 0 Å². The monoisotopic (exact) mass is 454 g/mol. The lowest BCUT2D eigenvalue weighted by atomic mass is 10.00. The van der Waals surface area contributed by atoms with Crippen LogP contribution >= 0.6 is 0 Å². The molecular weight excluding hydrogens is 416 g/mol. The Balaban J connectivity index is -0.000000394. The van der Waals surface area contributed by atoms with Gasteiger partial charge in [-0.25, -0.2) is 0 Å². The lowest BCUT2D eigenvalue weighted by Crippen LogP contribution is -2.12. The summed E-state index contributed by atoms with van der Waals surface area (Å²) in [6.45, 7) is 4.28. The third-order valence-corrected chi connectivity index (χ3v) is 4.04. The molecule has 11 nitrogen and oxygen atoms in total. The summed E-state index contributed by atoms with van der Waals surface area (Å²) in [4.78, 5) is 41.1. The number of carbonyl (C=O) groups is 4. The van der Waals surface area contributed by atoms with Crippen LogP contribution in [0, 0.1) is 11.8 Å². The molecule has 11 heteroatoms. The van der Waals surface area contributed by atoms with Crippen molar-refractivity contribution in [3.8, 4) is 0 Å². The van der Waals surface area contributed by atoms with Crippen LogP contribution in [0.3, 0.4) is 0 Å². The topological polar surface area (TPSA) is 199 Å². The third-order valence-electron chi connectivity index (χ3n) is 4.04. The lowest BCUT2D eigenvalue weighted by molar-refractivity contribution is -0.143. The van der Waals surface area contributed by atoms with Gasteiger partial charge in [0.05, 0.1) is 38.3 Å². The van der Waals surface area contributed by atoms with E-state index in [0.29, 0.717) is 51.7 Å². The summed E-state index contributed by atoms with van der Waals surface area (Å²) < 4.78 is 4.63. The molecule has 0 aromatic heterocycles. The molecule has 0 spiro atoms. The number of carboxylic acid groups (broad SMARTS) is 4. The highest BCUT2D eigenvalue weighted by molar-refractivity contribution is 5.70. The van der Waals surface area contributed by atoms with Gasteiger partial charge >= 0.3 is 23.9 Å². The number of hydrogen-bond donors (Lipinski definition) is 6. The van der Waals surface area contributed by atoms with E-state index in [2.05, 4.69) is 4.74 Å². The maximum Gasteiger partial charge on any atom is 0.306 e. The second kappa shape index (κ2) is 24.0. The Hall–Kier alpha value is -2.24. The molecule has 0 fully saturated rings. The van der Waals surface area contributed by atoms with Crippen molar-refractivity contribution in [2.75, 3.05) is 26.4 Å². The van der Waals surface area contributed by atoms with Gasteiger partial charge in [-0.15, -0.1) is 0 Å². The molecule has 184 valence electrons. The van der Waals surface area contributed by atoms with Crippen LogP contribution in [0.4, 0.5) is 0 Å². The van der Waals surface area contributed by atoms with Crippen LogP contribution in [0.25, 0.3) is 0 Å². The van der Waals surface area contributed by atoms with Gasteiger partial charge in [0.2, 0.25) is 0 Å². The summed E-state index contributed by atoms with van der Waals surface area (Å²) in [5, 5.41) is 49.9. The van der Waals surface area contributed by atoms with Crippen LogP contribution in [0.5, 0.6) is 0 Å². The highest BCUT2D eigenvalue weighted by Crippen LogP contribution is 2.13. The molecule has 0 rings (SSSR count). The average Bonchev–Trinajstić information content (AvgIpc) is 2.69. The molecule has 6 N–H and O–H groups in total. The normalized spacial score (nSPS) is 11.7. The molecule has 0 saturated heterocycles. The van der Waals surface area contributed by atoms with Gasteiger partial charge in [0, 0.05) is 12.8 Å². The van der Waals surface area contributed by atoms with Crippen molar-refractivity contribution >= 4 is 23.9 Å². The van der Waals surface area contributed by atoms with Crippen LogP contribution in [-0.2, 0) is 23.9 Å². The summed E-state index contributed by atoms with van der Waals surface area (Å²) in [6.07, 6.45) is 3.05. The number of aliphatic hydroxyl groups excluding tert-OH is 2. The fourth-order valence-corrected chi connectivity index (χ4v) is 2.23. The Bertz CT molecular complexity index is 438. The van der Waals surface area contributed by atoms with Gasteiger partial charge in [0.1, 0.15) is 0 Å². The van der Waals surface area contributed by atoms with Crippen LogP contribution in [0.2, 0.25) is 0 Å². The smallest absolute Gasteiger partial charge is 0.306 e. The molecule has 2 unspecified atom stereocenters. The van der Waals surface area contributed by atoms with E-state index in [0.717, 1.165) is 0 Å². The van der Waals surface area contributed by atoms with Crippen molar-refractivity contribution in [3.05, 3.63) is 0 Å². The van der Waals surface area contributed by atoms with Gasteiger partial charge in [-0.2, -0.15) is 0 Å². The van der Waals surface area contributed by atoms with Crippen molar-refractivity contribution in [1.29, 1.82) is 0 Å². The molecule has 0 aromatic rings. The zero-order valence-corrected chi connectivity index (χ0v) is 18.4. The second-order valence-corrected chi connectivity index (χ2v) is 6.52. The van der Waals surface area contributed by atoms with Crippen molar-refractivity contribution in [1.82, 2.24) is 0 Å². The van der Waals surface area contributed by atoms with E-state index in [4.69, 9.17) is 30.6 Å². The Morgan fingerprint density at radius 1 is 0.677 bits per heavy atom. The first-order valence-electron chi connectivity index (χ1n) is 10.3. The predicted octanol–water partition coefficient (Wildman–Crippen LogP) is 1.69. The van der Waals surface area contributed by atoms with Gasteiger partial charge in [0.25, 0.3) is 0 Å². The number of hydrogen-bond acceptors (Lipinski definition) is 7. The second-order valence-electron chi connectivity index (χ2n) is 6.52. The number of ether oxygens (including phenoxy) is 1. The van der Waals surface area contributed by atoms with E-state index in [-0.39, 0.29) is 37.9 Å². The molecule has 0 heterocycles. The zero-order valence-electron chi connectivity index (χ0n) is 18.4. The molecule has 2 atom stereocenters. The summed E-state index contributed by atoms with van der Waals surface area (Å²) >= 11 is 0. The fraction of sp³-hybridized carbons (Fsp3) is 0.800. The first-order valence-corrected chi connectivity index (χ1v) is 10.3. The molecule has 0 aromatic carbocycles. The Kier molecular flexibility index (Phi) is 25.9. The molecular formula is C20H38O11. The molecule has 0 saturated carbocycles. The number of rotatable bonds is 16.